The van der Waals surface area contributed by atoms with Crippen molar-refractivity contribution in [2.24, 2.45) is 11.1 Å². The highest BCUT2D eigenvalue weighted by Gasteiger charge is 2.38. The molecule has 1 aromatic heterocycles. The third-order valence-electron chi connectivity index (χ3n) is 5.88. The molecule has 3 rings (SSSR count). The van der Waals surface area contributed by atoms with Crippen LogP contribution in [-0.4, -0.2) is 46.8 Å². The molecular formula is C27H32F3N3O2S. The molecule has 36 heavy (non-hydrogen) atoms. The maximum absolute atomic E-state index is 14.7. The van der Waals surface area contributed by atoms with E-state index in [1.165, 1.54) is 16.2 Å². The molecule has 3 aromatic rings. The molecular weight excluding hydrogens is 487 g/mol. The number of halogens is 3. The van der Waals surface area contributed by atoms with Crippen molar-refractivity contribution in [2.75, 3.05) is 19.8 Å². The highest BCUT2D eigenvalue weighted by atomic mass is 32.1. The Hall–Kier alpha value is -2.75. The average Bonchev–Trinajstić information content (AvgIpc) is 3.24. The van der Waals surface area contributed by atoms with Crippen LogP contribution in [0, 0.1) is 17.0 Å². The Bertz CT molecular complexity index is 1160. The van der Waals surface area contributed by atoms with E-state index in [2.05, 4.69) is 0 Å². The van der Waals surface area contributed by atoms with Crippen molar-refractivity contribution in [2.45, 2.75) is 45.7 Å². The van der Waals surface area contributed by atoms with E-state index in [1.54, 1.807) is 0 Å². The van der Waals surface area contributed by atoms with Crippen LogP contribution in [0.5, 0.6) is 0 Å². The molecule has 9 heteroatoms. The predicted molar refractivity (Wildman–Crippen MR) is 136 cm³/mol. The van der Waals surface area contributed by atoms with Crippen molar-refractivity contribution in [3.63, 3.8) is 0 Å². The molecule has 2 unspecified atom stereocenters. The summed E-state index contributed by atoms with van der Waals surface area (Å²) in [5.41, 5.74) is 6.77. The minimum atomic E-state index is -0.754. The number of hydrogen-bond acceptors (Lipinski definition) is 5. The lowest BCUT2D eigenvalue weighted by Gasteiger charge is -2.40. The Labute approximate surface area is 213 Å². The van der Waals surface area contributed by atoms with Gasteiger partial charge in [0.25, 0.3) is 0 Å². The van der Waals surface area contributed by atoms with Crippen LogP contribution in [0.25, 0.3) is 10.6 Å². The van der Waals surface area contributed by atoms with E-state index in [-0.39, 0.29) is 18.5 Å². The standard InChI is InChI=1S/C27H32F3N3O2S/c1-27(2,3)25(33(23(35)16-34)12-11-19(31)15-28)24-22(13-17-7-5-4-6-8-17)36-26(32-24)20-14-18(29)9-10-21(20)30/h4-10,14,19,25,34H,11-13,15-16,31H2,1-3H3. The largest absolute Gasteiger partial charge is 0.387 e. The van der Waals surface area contributed by atoms with Crippen molar-refractivity contribution < 1.29 is 23.1 Å². The van der Waals surface area contributed by atoms with Crippen LogP contribution in [0.2, 0.25) is 0 Å². The van der Waals surface area contributed by atoms with E-state index >= 15 is 0 Å². The Morgan fingerprint density at radius 3 is 2.47 bits per heavy atom. The second-order valence-electron chi connectivity index (χ2n) is 9.83. The smallest absolute Gasteiger partial charge is 0.248 e. The lowest BCUT2D eigenvalue weighted by Crippen LogP contribution is -2.45. The summed E-state index contributed by atoms with van der Waals surface area (Å²) in [5.74, 6) is -1.73. The number of alkyl halides is 1. The molecule has 0 saturated carbocycles. The maximum atomic E-state index is 14.7. The van der Waals surface area contributed by atoms with Gasteiger partial charge in [-0.2, -0.15) is 0 Å². The van der Waals surface area contributed by atoms with Crippen LogP contribution in [-0.2, 0) is 11.2 Å². The number of nitrogens with two attached hydrogens (primary N) is 1. The topological polar surface area (TPSA) is 79.5 Å². The summed E-state index contributed by atoms with van der Waals surface area (Å²) in [6.45, 7) is 4.43. The first-order chi connectivity index (χ1) is 17.0. The van der Waals surface area contributed by atoms with Gasteiger partial charge in [0, 0.05) is 29.4 Å². The lowest BCUT2D eigenvalue weighted by atomic mass is 9.82. The fourth-order valence-electron chi connectivity index (χ4n) is 4.16. The molecule has 194 valence electrons. The number of benzene rings is 2. The second-order valence-corrected chi connectivity index (χ2v) is 10.9. The highest BCUT2D eigenvalue weighted by molar-refractivity contribution is 7.15. The van der Waals surface area contributed by atoms with Crippen molar-refractivity contribution in [3.05, 3.63) is 76.3 Å². The van der Waals surface area contributed by atoms with Gasteiger partial charge >= 0.3 is 0 Å². The molecule has 0 aliphatic heterocycles. The minimum Gasteiger partial charge on any atom is -0.387 e. The van der Waals surface area contributed by atoms with Gasteiger partial charge in [0.15, 0.2) is 0 Å². The van der Waals surface area contributed by atoms with Gasteiger partial charge in [-0.15, -0.1) is 11.3 Å². The average molecular weight is 520 g/mol. The molecule has 0 radical (unpaired) electrons. The quantitative estimate of drug-likeness (QED) is 0.382. The number of aromatic nitrogens is 1. The summed E-state index contributed by atoms with van der Waals surface area (Å²) in [7, 11) is 0. The summed E-state index contributed by atoms with van der Waals surface area (Å²) in [6, 6.07) is 11.4. The number of rotatable bonds is 10. The predicted octanol–water partition coefficient (Wildman–Crippen LogP) is 5.27. The van der Waals surface area contributed by atoms with E-state index in [0.29, 0.717) is 17.1 Å². The van der Waals surface area contributed by atoms with Gasteiger partial charge in [0.2, 0.25) is 5.91 Å². The van der Waals surface area contributed by atoms with Gasteiger partial charge in [0.05, 0.1) is 11.7 Å². The summed E-state index contributed by atoms with van der Waals surface area (Å²) in [4.78, 5) is 19.9. The summed E-state index contributed by atoms with van der Waals surface area (Å²) in [5, 5.41) is 10.0. The number of nitrogens with zero attached hydrogens (tertiary/aromatic N) is 2. The van der Waals surface area contributed by atoms with Gasteiger partial charge < -0.3 is 15.7 Å². The molecule has 0 bridgehead atoms. The Morgan fingerprint density at radius 2 is 1.86 bits per heavy atom. The number of carbonyl (C=O) groups excluding carboxylic acids is 1. The molecule has 2 atom stereocenters. The van der Waals surface area contributed by atoms with Crippen molar-refractivity contribution in [3.8, 4) is 10.6 Å². The SMILES string of the molecule is CC(C)(C)C(c1nc(-c2cc(F)ccc2F)sc1Cc1ccccc1)N(CCC(N)CF)C(=O)CO. The van der Waals surface area contributed by atoms with Crippen LogP contribution in [0.1, 0.15) is 49.4 Å². The molecule has 1 heterocycles. The summed E-state index contributed by atoms with van der Waals surface area (Å²) < 4.78 is 41.8. The number of carbonyl (C=O) groups is 1. The van der Waals surface area contributed by atoms with Crippen molar-refractivity contribution in [1.82, 2.24) is 9.88 Å². The van der Waals surface area contributed by atoms with Crippen molar-refractivity contribution >= 4 is 17.2 Å². The monoisotopic (exact) mass is 519 g/mol. The first kappa shape index (κ1) is 27.8. The number of amides is 1. The third-order valence-corrected chi connectivity index (χ3v) is 6.98. The first-order valence-electron chi connectivity index (χ1n) is 11.8. The van der Waals surface area contributed by atoms with E-state index in [1.807, 2.05) is 51.1 Å². The van der Waals surface area contributed by atoms with Gasteiger partial charge in [0.1, 0.15) is 29.9 Å². The molecule has 0 saturated heterocycles. The Morgan fingerprint density at radius 1 is 1.17 bits per heavy atom. The summed E-state index contributed by atoms with van der Waals surface area (Å²) in [6.07, 6.45) is 0.654. The highest BCUT2D eigenvalue weighted by Crippen LogP contribution is 2.43. The number of aliphatic hydroxyl groups excluding tert-OH is 1. The third kappa shape index (κ3) is 6.72. The molecule has 0 spiro atoms. The minimum absolute atomic E-state index is 0.0349. The van der Waals surface area contributed by atoms with Crippen LogP contribution < -0.4 is 5.73 Å². The molecule has 3 N–H and O–H groups in total. The second kappa shape index (κ2) is 12.0. The molecule has 1 amide bonds. The lowest BCUT2D eigenvalue weighted by molar-refractivity contribution is -0.139. The van der Waals surface area contributed by atoms with Gasteiger partial charge in [-0.25, -0.2) is 18.2 Å². The molecule has 0 fully saturated rings. The number of aliphatic hydroxyl groups is 1. The van der Waals surface area contributed by atoms with E-state index in [0.717, 1.165) is 28.6 Å². The summed E-state index contributed by atoms with van der Waals surface area (Å²) >= 11 is 1.24. The van der Waals surface area contributed by atoms with E-state index in [4.69, 9.17) is 10.7 Å². The van der Waals surface area contributed by atoms with Crippen LogP contribution in [0.15, 0.2) is 48.5 Å². The fraction of sp³-hybridized carbons (Fsp3) is 0.407. The normalized spacial score (nSPS) is 13.4. The van der Waals surface area contributed by atoms with E-state index in [9.17, 15) is 23.1 Å². The molecule has 2 aromatic carbocycles. The zero-order chi connectivity index (χ0) is 26.5. The van der Waals surface area contributed by atoms with Gasteiger partial charge in [-0.05, 0) is 35.6 Å². The molecule has 5 nitrogen and oxygen atoms in total. The van der Waals surface area contributed by atoms with E-state index < -0.39 is 48.3 Å². The maximum Gasteiger partial charge on any atom is 0.248 e. The van der Waals surface area contributed by atoms with Crippen LogP contribution >= 0.6 is 11.3 Å². The fourth-order valence-corrected chi connectivity index (χ4v) is 5.30. The van der Waals surface area contributed by atoms with Crippen molar-refractivity contribution in [1.29, 1.82) is 0 Å². The number of thiazole rings is 1. The molecule has 0 aliphatic carbocycles. The van der Waals surface area contributed by atoms with Crippen LogP contribution in [0.4, 0.5) is 13.2 Å². The number of hydrogen-bond donors (Lipinski definition) is 2. The zero-order valence-electron chi connectivity index (χ0n) is 20.7. The Kier molecular flexibility index (Phi) is 9.27. The first-order valence-corrected chi connectivity index (χ1v) is 12.6. The molecule has 0 aliphatic rings. The Balaban J connectivity index is 2.18. The van der Waals surface area contributed by atoms with Gasteiger partial charge in [-0.1, -0.05) is 51.1 Å². The van der Waals surface area contributed by atoms with Gasteiger partial charge in [-0.3, -0.25) is 4.79 Å². The zero-order valence-corrected chi connectivity index (χ0v) is 21.5. The van der Waals surface area contributed by atoms with Crippen LogP contribution in [0.3, 0.4) is 0 Å².